The quantitative estimate of drug-likeness (QED) is 0.623. The Labute approximate surface area is 90.5 Å². The van der Waals surface area contributed by atoms with Gasteiger partial charge in [-0.15, -0.1) is 0 Å². The lowest BCUT2D eigenvalue weighted by Gasteiger charge is -2.27. The van der Waals surface area contributed by atoms with Gasteiger partial charge in [0.1, 0.15) is 11.7 Å². The number of carbonyl (C=O) groups excluding carboxylic acids is 1. The molecule has 2 heterocycles. The Morgan fingerprint density at radius 1 is 1.47 bits per heavy atom. The van der Waals surface area contributed by atoms with Crippen LogP contribution >= 0.6 is 0 Å². The highest BCUT2D eigenvalue weighted by Crippen LogP contribution is 2.29. The molecule has 15 heavy (non-hydrogen) atoms. The normalized spacial score (nSPS) is 30.5. The molecule has 4 nitrogen and oxygen atoms in total. The van der Waals surface area contributed by atoms with Crippen LogP contribution < -0.4 is 0 Å². The second-order valence-electron chi connectivity index (χ2n) is 5.26. The largest absolute Gasteiger partial charge is 0.444 e. The van der Waals surface area contributed by atoms with Gasteiger partial charge >= 0.3 is 6.09 Å². The summed E-state index contributed by atoms with van der Waals surface area (Å²) in [6.07, 6.45) is 2.17. The monoisotopic (exact) mass is 213 g/mol. The lowest BCUT2D eigenvalue weighted by Crippen LogP contribution is -2.42. The van der Waals surface area contributed by atoms with E-state index < -0.39 is 5.60 Å². The Kier molecular flexibility index (Phi) is 2.63. The predicted octanol–water partition coefficient (Wildman–Crippen LogP) is 1.78. The molecular weight excluding hydrogens is 194 g/mol. The average molecular weight is 213 g/mol. The van der Waals surface area contributed by atoms with Crippen molar-refractivity contribution in [2.75, 3.05) is 13.2 Å². The van der Waals surface area contributed by atoms with Crippen molar-refractivity contribution >= 4 is 6.09 Å². The van der Waals surface area contributed by atoms with Crippen LogP contribution in [0, 0.1) is 0 Å². The number of likely N-dealkylation sites (tertiary alicyclic amines) is 1. The number of nitrogens with zero attached hydrogens (tertiary/aromatic N) is 1. The van der Waals surface area contributed by atoms with Crippen LogP contribution in [0.25, 0.3) is 0 Å². The van der Waals surface area contributed by atoms with Gasteiger partial charge in [-0.1, -0.05) is 0 Å². The number of amides is 1. The zero-order valence-electron chi connectivity index (χ0n) is 9.66. The smallest absolute Gasteiger partial charge is 0.410 e. The van der Waals surface area contributed by atoms with E-state index >= 15 is 0 Å². The summed E-state index contributed by atoms with van der Waals surface area (Å²) in [6.45, 7) is 7.28. The highest BCUT2D eigenvalue weighted by molar-refractivity contribution is 5.69. The molecule has 0 saturated carbocycles. The first kappa shape index (κ1) is 10.7. The molecule has 0 aromatic heterocycles. The Morgan fingerprint density at radius 3 is 2.67 bits per heavy atom. The Morgan fingerprint density at radius 2 is 2.13 bits per heavy atom. The SMILES string of the molecule is CC(C)(C)OC(=O)N1CCCC1[C@H]1CO1. The van der Waals surface area contributed by atoms with Crippen molar-refractivity contribution in [3.8, 4) is 0 Å². The van der Waals surface area contributed by atoms with Gasteiger partial charge in [-0.05, 0) is 33.6 Å². The minimum Gasteiger partial charge on any atom is -0.444 e. The van der Waals surface area contributed by atoms with Gasteiger partial charge in [0, 0.05) is 6.54 Å². The van der Waals surface area contributed by atoms with Crippen LogP contribution in [0.15, 0.2) is 0 Å². The minimum atomic E-state index is -0.408. The molecule has 4 heteroatoms. The van der Waals surface area contributed by atoms with Crippen LogP contribution in [0.3, 0.4) is 0 Å². The number of hydrogen-bond donors (Lipinski definition) is 0. The fraction of sp³-hybridized carbons (Fsp3) is 0.909. The molecule has 2 aliphatic heterocycles. The van der Waals surface area contributed by atoms with E-state index in [1.54, 1.807) is 0 Å². The van der Waals surface area contributed by atoms with E-state index in [0.717, 1.165) is 26.0 Å². The maximum absolute atomic E-state index is 11.9. The van der Waals surface area contributed by atoms with Gasteiger partial charge < -0.3 is 14.4 Å². The van der Waals surface area contributed by atoms with Gasteiger partial charge in [0.05, 0.1) is 12.6 Å². The molecule has 86 valence electrons. The van der Waals surface area contributed by atoms with E-state index in [-0.39, 0.29) is 18.2 Å². The molecule has 2 aliphatic rings. The predicted molar refractivity (Wildman–Crippen MR) is 55.7 cm³/mol. The van der Waals surface area contributed by atoms with Crippen LogP contribution in [0.5, 0.6) is 0 Å². The first-order chi connectivity index (χ1) is 6.97. The Hall–Kier alpha value is -0.770. The van der Waals surface area contributed by atoms with Gasteiger partial charge in [-0.3, -0.25) is 0 Å². The second-order valence-corrected chi connectivity index (χ2v) is 5.26. The fourth-order valence-electron chi connectivity index (χ4n) is 2.00. The topological polar surface area (TPSA) is 42.1 Å². The number of epoxide rings is 1. The molecule has 0 aliphatic carbocycles. The summed E-state index contributed by atoms with van der Waals surface area (Å²) in [4.78, 5) is 13.7. The van der Waals surface area contributed by atoms with E-state index in [9.17, 15) is 4.79 Å². The van der Waals surface area contributed by atoms with Crippen LogP contribution in [-0.2, 0) is 9.47 Å². The van der Waals surface area contributed by atoms with Gasteiger partial charge in [0.2, 0.25) is 0 Å². The Bertz CT molecular complexity index is 255. The lowest BCUT2D eigenvalue weighted by atomic mass is 10.1. The highest BCUT2D eigenvalue weighted by Gasteiger charge is 2.42. The average Bonchev–Trinajstić information content (AvgIpc) is 2.80. The van der Waals surface area contributed by atoms with Gasteiger partial charge in [-0.25, -0.2) is 4.79 Å². The van der Waals surface area contributed by atoms with Gasteiger partial charge in [-0.2, -0.15) is 0 Å². The van der Waals surface area contributed by atoms with Gasteiger partial charge in [0.25, 0.3) is 0 Å². The molecule has 2 rings (SSSR count). The summed E-state index contributed by atoms with van der Waals surface area (Å²) in [5, 5.41) is 0. The highest BCUT2D eigenvalue weighted by atomic mass is 16.6. The maximum atomic E-state index is 11.9. The molecular formula is C11H19NO3. The van der Waals surface area contributed by atoms with Crippen LogP contribution in [0.1, 0.15) is 33.6 Å². The van der Waals surface area contributed by atoms with Crippen LogP contribution in [-0.4, -0.2) is 41.9 Å². The second kappa shape index (κ2) is 3.67. The first-order valence-corrected chi connectivity index (χ1v) is 5.58. The number of ether oxygens (including phenoxy) is 2. The zero-order chi connectivity index (χ0) is 11.1. The molecule has 1 amide bonds. The summed E-state index contributed by atoms with van der Waals surface area (Å²) in [6, 6.07) is 0.250. The van der Waals surface area contributed by atoms with E-state index in [1.165, 1.54) is 0 Å². The zero-order valence-corrected chi connectivity index (χ0v) is 9.66. The molecule has 2 atom stereocenters. The summed E-state index contributed by atoms with van der Waals surface area (Å²) in [5.74, 6) is 0. The number of rotatable bonds is 1. The van der Waals surface area contributed by atoms with Crippen molar-refractivity contribution in [2.45, 2.75) is 51.4 Å². The molecule has 0 spiro atoms. The van der Waals surface area contributed by atoms with Crippen molar-refractivity contribution in [3.05, 3.63) is 0 Å². The van der Waals surface area contributed by atoms with E-state index in [4.69, 9.17) is 9.47 Å². The van der Waals surface area contributed by atoms with Crippen molar-refractivity contribution in [1.82, 2.24) is 4.90 Å². The maximum Gasteiger partial charge on any atom is 0.410 e. The van der Waals surface area contributed by atoms with Crippen molar-refractivity contribution in [1.29, 1.82) is 0 Å². The third-order valence-corrected chi connectivity index (χ3v) is 2.72. The van der Waals surface area contributed by atoms with Crippen LogP contribution in [0.4, 0.5) is 4.79 Å². The van der Waals surface area contributed by atoms with E-state index in [0.29, 0.717) is 0 Å². The van der Waals surface area contributed by atoms with Crippen molar-refractivity contribution < 1.29 is 14.3 Å². The summed E-state index contributed by atoms with van der Waals surface area (Å²) in [5.41, 5.74) is -0.408. The third kappa shape index (κ3) is 2.62. The molecule has 0 radical (unpaired) electrons. The molecule has 0 bridgehead atoms. The molecule has 0 aromatic rings. The summed E-state index contributed by atoms with van der Waals surface area (Å²) in [7, 11) is 0. The number of carbonyl (C=O) groups is 1. The third-order valence-electron chi connectivity index (χ3n) is 2.72. The van der Waals surface area contributed by atoms with E-state index in [1.807, 2.05) is 25.7 Å². The van der Waals surface area contributed by atoms with Crippen molar-refractivity contribution in [2.24, 2.45) is 0 Å². The summed E-state index contributed by atoms with van der Waals surface area (Å²) >= 11 is 0. The van der Waals surface area contributed by atoms with Crippen LogP contribution in [0.2, 0.25) is 0 Å². The first-order valence-electron chi connectivity index (χ1n) is 5.58. The fourth-order valence-corrected chi connectivity index (χ4v) is 2.00. The molecule has 0 aromatic carbocycles. The molecule has 2 fully saturated rings. The minimum absolute atomic E-state index is 0.194. The summed E-state index contributed by atoms with van der Waals surface area (Å²) < 4.78 is 10.6. The lowest BCUT2D eigenvalue weighted by molar-refractivity contribution is 0.0204. The number of hydrogen-bond acceptors (Lipinski definition) is 3. The standard InChI is InChI=1S/C11H19NO3/c1-11(2,3)15-10(13)12-6-4-5-8(12)9-7-14-9/h8-9H,4-7H2,1-3H3/t8?,9-/m1/s1. The molecule has 0 N–H and O–H groups in total. The van der Waals surface area contributed by atoms with Crippen molar-refractivity contribution in [3.63, 3.8) is 0 Å². The van der Waals surface area contributed by atoms with Gasteiger partial charge in [0.15, 0.2) is 0 Å². The Balaban J connectivity index is 1.93. The molecule has 1 unspecified atom stereocenters. The molecule has 2 saturated heterocycles. The van der Waals surface area contributed by atoms with E-state index in [2.05, 4.69) is 0 Å².